The van der Waals surface area contributed by atoms with Crippen molar-refractivity contribution < 1.29 is 4.79 Å². The molecule has 4 nitrogen and oxygen atoms in total. The number of benzene rings is 1. The third kappa shape index (κ3) is 5.42. The van der Waals surface area contributed by atoms with Crippen molar-refractivity contribution in [2.24, 2.45) is 5.92 Å². The molecule has 0 radical (unpaired) electrons. The number of urea groups is 1. The highest BCUT2D eigenvalue weighted by molar-refractivity contribution is 5.89. The van der Waals surface area contributed by atoms with Gasteiger partial charge in [0, 0.05) is 17.8 Å². The van der Waals surface area contributed by atoms with E-state index in [-0.39, 0.29) is 6.03 Å². The molecule has 0 bridgehead atoms. The van der Waals surface area contributed by atoms with E-state index in [4.69, 9.17) is 6.42 Å². The number of amides is 2. The molecule has 1 saturated heterocycles. The summed E-state index contributed by atoms with van der Waals surface area (Å²) < 4.78 is 0. The maximum absolute atomic E-state index is 11.8. The number of likely N-dealkylation sites (tertiary alicyclic amines) is 1. The summed E-state index contributed by atoms with van der Waals surface area (Å²) in [5, 5.41) is 5.69. The van der Waals surface area contributed by atoms with Crippen LogP contribution in [0.3, 0.4) is 0 Å². The van der Waals surface area contributed by atoms with Gasteiger partial charge < -0.3 is 15.5 Å². The van der Waals surface area contributed by atoms with Gasteiger partial charge in [0.25, 0.3) is 0 Å². The molecular weight excluding hydrogens is 274 g/mol. The van der Waals surface area contributed by atoms with Crippen molar-refractivity contribution in [2.75, 3.05) is 31.5 Å². The lowest BCUT2D eigenvalue weighted by Gasteiger charge is -2.30. The van der Waals surface area contributed by atoms with Crippen LogP contribution < -0.4 is 10.6 Å². The second kappa shape index (κ2) is 8.45. The smallest absolute Gasteiger partial charge is 0.319 e. The Kier molecular flexibility index (Phi) is 6.29. The first-order valence-corrected chi connectivity index (χ1v) is 8.01. The lowest BCUT2D eigenvalue weighted by atomic mass is 9.99. The second-order valence-electron chi connectivity index (χ2n) is 5.98. The molecule has 1 aromatic carbocycles. The summed E-state index contributed by atoms with van der Waals surface area (Å²) in [5.74, 6) is 3.42. The molecule has 2 rings (SSSR count). The van der Waals surface area contributed by atoms with E-state index in [9.17, 15) is 4.79 Å². The van der Waals surface area contributed by atoms with Crippen LogP contribution in [0.25, 0.3) is 0 Å². The molecule has 1 aromatic rings. The first-order chi connectivity index (χ1) is 10.7. The predicted octanol–water partition coefficient (Wildman–Crippen LogP) is 2.91. The van der Waals surface area contributed by atoms with Crippen LogP contribution in [0.1, 0.15) is 31.7 Å². The van der Waals surface area contributed by atoms with Gasteiger partial charge in [0.15, 0.2) is 0 Å². The molecule has 4 heteroatoms. The lowest BCUT2D eigenvalue weighted by molar-refractivity contribution is 0.190. The Morgan fingerprint density at radius 3 is 2.91 bits per heavy atom. The summed E-state index contributed by atoms with van der Waals surface area (Å²) in [7, 11) is 0. The van der Waals surface area contributed by atoms with Crippen molar-refractivity contribution in [1.82, 2.24) is 10.2 Å². The molecule has 1 fully saturated rings. The van der Waals surface area contributed by atoms with E-state index in [1.54, 1.807) is 6.07 Å². The number of hydrogen-bond acceptors (Lipinski definition) is 2. The van der Waals surface area contributed by atoms with Crippen LogP contribution in [0.2, 0.25) is 0 Å². The number of carbonyl (C=O) groups is 1. The number of terminal acetylenes is 1. The molecule has 2 N–H and O–H groups in total. The molecule has 1 heterocycles. The number of nitrogens with zero attached hydrogens (tertiary/aromatic N) is 1. The van der Waals surface area contributed by atoms with Crippen LogP contribution in [0.5, 0.6) is 0 Å². The minimum Gasteiger partial charge on any atom is -0.338 e. The molecule has 0 saturated carbocycles. The Morgan fingerprint density at radius 2 is 2.18 bits per heavy atom. The molecule has 1 aliphatic heterocycles. The topological polar surface area (TPSA) is 44.4 Å². The zero-order valence-corrected chi connectivity index (χ0v) is 13.3. The third-order valence-electron chi connectivity index (χ3n) is 4.10. The number of nitrogens with one attached hydrogen (secondary N) is 2. The first-order valence-electron chi connectivity index (χ1n) is 8.01. The van der Waals surface area contributed by atoms with Gasteiger partial charge in [-0.1, -0.05) is 18.9 Å². The van der Waals surface area contributed by atoms with Crippen LogP contribution in [-0.4, -0.2) is 37.1 Å². The van der Waals surface area contributed by atoms with E-state index < -0.39 is 0 Å². The number of anilines is 1. The summed E-state index contributed by atoms with van der Waals surface area (Å²) in [4.78, 5) is 14.3. The monoisotopic (exact) mass is 299 g/mol. The molecular formula is C18H25N3O. The van der Waals surface area contributed by atoms with Crippen molar-refractivity contribution in [3.05, 3.63) is 29.8 Å². The van der Waals surface area contributed by atoms with Crippen LogP contribution >= 0.6 is 0 Å². The van der Waals surface area contributed by atoms with Gasteiger partial charge in [-0.15, -0.1) is 6.42 Å². The normalized spacial score (nSPS) is 16.0. The first kappa shape index (κ1) is 16.4. The SMILES string of the molecule is C#Cc1cccc(NC(=O)NCCCN2CCC(C)CC2)c1. The minimum absolute atomic E-state index is 0.179. The number of piperidine rings is 1. The lowest BCUT2D eigenvalue weighted by Crippen LogP contribution is -2.36. The summed E-state index contributed by atoms with van der Waals surface area (Å²) in [5.41, 5.74) is 1.48. The Balaban J connectivity index is 1.62. The quantitative estimate of drug-likeness (QED) is 0.648. The van der Waals surface area contributed by atoms with E-state index >= 15 is 0 Å². The van der Waals surface area contributed by atoms with Crippen molar-refractivity contribution in [3.63, 3.8) is 0 Å². The molecule has 118 valence electrons. The van der Waals surface area contributed by atoms with Gasteiger partial charge in [0.05, 0.1) is 0 Å². The van der Waals surface area contributed by atoms with Gasteiger partial charge >= 0.3 is 6.03 Å². The average molecular weight is 299 g/mol. The van der Waals surface area contributed by atoms with Crippen molar-refractivity contribution in [2.45, 2.75) is 26.2 Å². The van der Waals surface area contributed by atoms with Crippen LogP contribution in [0, 0.1) is 18.3 Å². The molecule has 1 aliphatic rings. The van der Waals surface area contributed by atoms with Crippen molar-refractivity contribution >= 4 is 11.7 Å². The Labute approximate surface area is 133 Å². The van der Waals surface area contributed by atoms with Crippen molar-refractivity contribution in [1.29, 1.82) is 0 Å². The van der Waals surface area contributed by atoms with Gasteiger partial charge in [-0.2, -0.15) is 0 Å². The summed E-state index contributed by atoms with van der Waals surface area (Å²) in [6.07, 6.45) is 8.90. The Bertz CT molecular complexity index is 527. The number of hydrogen-bond donors (Lipinski definition) is 2. The standard InChI is InChI=1S/C18H25N3O/c1-3-16-6-4-7-17(14-16)20-18(22)19-10-5-11-21-12-8-15(2)9-13-21/h1,4,6-7,14-15H,5,8-13H2,2H3,(H2,19,20,22). The number of carbonyl (C=O) groups excluding carboxylic acids is 1. The van der Waals surface area contributed by atoms with Crippen LogP contribution in [0.4, 0.5) is 10.5 Å². The third-order valence-corrected chi connectivity index (χ3v) is 4.10. The molecule has 0 unspecified atom stereocenters. The van der Waals surface area contributed by atoms with Gasteiger partial charge in [-0.05, 0) is 63.0 Å². The van der Waals surface area contributed by atoms with Gasteiger partial charge in [0.2, 0.25) is 0 Å². The molecule has 0 aromatic heterocycles. The van der Waals surface area contributed by atoms with Crippen LogP contribution in [-0.2, 0) is 0 Å². The maximum Gasteiger partial charge on any atom is 0.319 e. The molecule has 0 aliphatic carbocycles. The summed E-state index contributed by atoms with van der Waals surface area (Å²) >= 11 is 0. The predicted molar refractivity (Wildman–Crippen MR) is 90.9 cm³/mol. The highest BCUT2D eigenvalue weighted by Crippen LogP contribution is 2.15. The Morgan fingerprint density at radius 1 is 1.41 bits per heavy atom. The van der Waals surface area contributed by atoms with Gasteiger partial charge in [-0.25, -0.2) is 4.79 Å². The largest absolute Gasteiger partial charge is 0.338 e. The van der Waals surface area contributed by atoms with Gasteiger partial charge in [-0.3, -0.25) is 0 Å². The molecule has 0 atom stereocenters. The van der Waals surface area contributed by atoms with E-state index in [0.717, 1.165) is 30.1 Å². The minimum atomic E-state index is -0.179. The fourth-order valence-corrected chi connectivity index (χ4v) is 2.65. The van der Waals surface area contributed by atoms with E-state index in [2.05, 4.69) is 28.4 Å². The van der Waals surface area contributed by atoms with Gasteiger partial charge in [0.1, 0.15) is 0 Å². The maximum atomic E-state index is 11.8. The zero-order chi connectivity index (χ0) is 15.8. The number of rotatable bonds is 5. The zero-order valence-electron chi connectivity index (χ0n) is 13.3. The average Bonchev–Trinajstić information content (AvgIpc) is 2.53. The summed E-state index contributed by atoms with van der Waals surface area (Å²) in [6, 6.07) is 7.11. The van der Waals surface area contributed by atoms with E-state index in [1.165, 1.54) is 25.9 Å². The fraction of sp³-hybridized carbons (Fsp3) is 0.500. The highest BCUT2D eigenvalue weighted by Gasteiger charge is 2.14. The van der Waals surface area contributed by atoms with Crippen LogP contribution in [0.15, 0.2) is 24.3 Å². The molecule has 0 spiro atoms. The Hall–Kier alpha value is -1.99. The summed E-state index contributed by atoms with van der Waals surface area (Å²) in [6.45, 7) is 6.43. The van der Waals surface area contributed by atoms with Crippen molar-refractivity contribution in [3.8, 4) is 12.3 Å². The molecule has 22 heavy (non-hydrogen) atoms. The van der Waals surface area contributed by atoms with E-state index in [0.29, 0.717) is 6.54 Å². The fourth-order valence-electron chi connectivity index (χ4n) is 2.65. The highest BCUT2D eigenvalue weighted by atomic mass is 16.2. The second-order valence-corrected chi connectivity index (χ2v) is 5.98. The molecule has 2 amide bonds. The van der Waals surface area contributed by atoms with E-state index in [1.807, 2.05) is 18.2 Å².